The SMILES string of the molecule is CC[C@H](C)NC(=O)O[C@@H]1CC[C@H](c2cc(NC(=O)c3ccnc4ncsc34)n[nH]2)C1. The van der Waals surface area contributed by atoms with E-state index in [9.17, 15) is 9.59 Å². The molecule has 3 aromatic rings. The maximum absolute atomic E-state index is 12.7. The maximum Gasteiger partial charge on any atom is 0.407 e. The Labute approximate surface area is 177 Å². The number of aromatic amines is 1. The fourth-order valence-corrected chi connectivity index (χ4v) is 4.32. The van der Waals surface area contributed by atoms with Crippen molar-refractivity contribution in [3.63, 3.8) is 0 Å². The molecule has 1 saturated carbocycles. The molecule has 0 bridgehead atoms. The van der Waals surface area contributed by atoms with Gasteiger partial charge in [-0.2, -0.15) is 5.10 Å². The average molecular weight is 429 g/mol. The summed E-state index contributed by atoms with van der Waals surface area (Å²) in [5.41, 5.74) is 3.68. The van der Waals surface area contributed by atoms with E-state index in [0.717, 1.165) is 36.1 Å². The van der Waals surface area contributed by atoms with Crippen molar-refractivity contribution in [2.45, 2.75) is 57.6 Å². The molecular formula is C20H24N6O3S. The van der Waals surface area contributed by atoms with Gasteiger partial charge in [0.15, 0.2) is 11.5 Å². The molecular weight excluding hydrogens is 404 g/mol. The Hall–Kier alpha value is -3.01. The van der Waals surface area contributed by atoms with Gasteiger partial charge in [0.2, 0.25) is 0 Å². The van der Waals surface area contributed by atoms with E-state index in [2.05, 4.69) is 30.8 Å². The fourth-order valence-electron chi connectivity index (χ4n) is 3.56. The Kier molecular flexibility index (Phi) is 5.93. The number of alkyl carbamates (subject to hydrolysis) is 1. The molecule has 3 N–H and O–H groups in total. The summed E-state index contributed by atoms with van der Waals surface area (Å²) in [7, 11) is 0. The molecule has 0 unspecified atom stereocenters. The van der Waals surface area contributed by atoms with Crippen molar-refractivity contribution in [2.75, 3.05) is 5.32 Å². The summed E-state index contributed by atoms with van der Waals surface area (Å²) in [6.07, 6.45) is 4.39. The van der Waals surface area contributed by atoms with Crippen molar-refractivity contribution in [3.8, 4) is 0 Å². The van der Waals surface area contributed by atoms with Gasteiger partial charge in [0.05, 0.1) is 15.8 Å². The lowest BCUT2D eigenvalue weighted by Crippen LogP contribution is -2.34. The topological polar surface area (TPSA) is 122 Å². The molecule has 0 radical (unpaired) electrons. The van der Waals surface area contributed by atoms with Crippen LogP contribution in [-0.4, -0.2) is 44.3 Å². The number of carbonyl (C=O) groups is 2. The molecule has 1 fully saturated rings. The molecule has 0 aromatic carbocycles. The highest BCUT2D eigenvalue weighted by molar-refractivity contribution is 7.17. The van der Waals surface area contributed by atoms with Gasteiger partial charge in [0, 0.05) is 29.9 Å². The van der Waals surface area contributed by atoms with E-state index in [1.807, 2.05) is 19.9 Å². The minimum atomic E-state index is -0.362. The van der Waals surface area contributed by atoms with E-state index in [0.29, 0.717) is 17.0 Å². The predicted octanol–water partition coefficient (Wildman–Crippen LogP) is 3.83. The van der Waals surface area contributed by atoms with Gasteiger partial charge in [-0.3, -0.25) is 9.89 Å². The number of anilines is 1. The van der Waals surface area contributed by atoms with Gasteiger partial charge in [-0.15, -0.1) is 11.3 Å². The van der Waals surface area contributed by atoms with Crippen molar-refractivity contribution < 1.29 is 14.3 Å². The highest BCUT2D eigenvalue weighted by atomic mass is 32.1. The van der Waals surface area contributed by atoms with Crippen LogP contribution in [0, 0.1) is 0 Å². The number of amides is 2. The molecule has 0 aliphatic heterocycles. The maximum atomic E-state index is 12.7. The van der Waals surface area contributed by atoms with Crippen molar-refractivity contribution >= 4 is 39.5 Å². The van der Waals surface area contributed by atoms with Crippen LogP contribution in [-0.2, 0) is 4.74 Å². The van der Waals surface area contributed by atoms with Crippen molar-refractivity contribution in [1.29, 1.82) is 0 Å². The molecule has 2 amide bonds. The highest BCUT2D eigenvalue weighted by Crippen LogP contribution is 2.36. The van der Waals surface area contributed by atoms with E-state index in [-0.39, 0.29) is 30.1 Å². The van der Waals surface area contributed by atoms with Crippen molar-refractivity contribution in [3.05, 3.63) is 35.1 Å². The molecule has 3 heterocycles. The molecule has 3 atom stereocenters. The molecule has 30 heavy (non-hydrogen) atoms. The normalized spacial score (nSPS) is 19.5. The Morgan fingerprint density at radius 3 is 3.07 bits per heavy atom. The Balaban J connectivity index is 1.35. The number of aromatic nitrogens is 4. The van der Waals surface area contributed by atoms with E-state index in [1.165, 1.54) is 11.3 Å². The third-order valence-corrected chi connectivity index (χ3v) is 6.24. The van der Waals surface area contributed by atoms with Crippen LogP contribution in [0.15, 0.2) is 23.8 Å². The van der Waals surface area contributed by atoms with Crippen LogP contribution >= 0.6 is 11.3 Å². The smallest absolute Gasteiger partial charge is 0.407 e. The second kappa shape index (κ2) is 8.78. The second-order valence-electron chi connectivity index (χ2n) is 7.52. The van der Waals surface area contributed by atoms with Gasteiger partial charge in [-0.25, -0.2) is 14.8 Å². The number of carbonyl (C=O) groups excluding carboxylic acids is 2. The number of hydrogen-bond acceptors (Lipinski definition) is 7. The number of nitrogens with one attached hydrogen (secondary N) is 3. The molecule has 1 aliphatic rings. The Morgan fingerprint density at radius 1 is 1.37 bits per heavy atom. The van der Waals surface area contributed by atoms with Crippen molar-refractivity contribution in [2.24, 2.45) is 0 Å². The number of thiazole rings is 1. The molecule has 3 aromatic heterocycles. The number of nitrogens with zero attached hydrogens (tertiary/aromatic N) is 3. The Bertz CT molecular complexity index is 1050. The number of ether oxygens (including phenoxy) is 1. The highest BCUT2D eigenvalue weighted by Gasteiger charge is 2.30. The summed E-state index contributed by atoms with van der Waals surface area (Å²) in [4.78, 5) is 32.9. The van der Waals surface area contributed by atoms with Crippen LogP contribution in [0.2, 0.25) is 0 Å². The minimum Gasteiger partial charge on any atom is -0.446 e. The van der Waals surface area contributed by atoms with Gasteiger partial charge in [-0.1, -0.05) is 6.92 Å². The summed E-state index contributed by atoms with van der Waals surface area (Å²) in [6, 6.07) is 3.61. The summed E-state index contributed by atoms with van der Waals surface area (Å²) in [6.45, 7) is 3.96. The quantitative estimate of drug-likeness (QED) is 0.548. The van der Waals surface area contributed by atoms with E-state index < -0.39 is 0 Å². The average Bonchev–Trinajstić information content (AvgIpc) is 3.47. The zero-order chi connectivity index (χ0) is 21.1. The number of pyridine rings is 1. The van der Waals surface area contributed by atoms with Gasteiger partial charge in [0.25, 0.3) is 5.91 Å². The fraction of sp³-hybridized carbons (Fsp3) is 0.450. The molecule has 0 spiro atoms. The lowest BCUT2D eigenvalue weighted by Gasteiger charge is -2.16. The lowest BCUT2D eigenvalue weighted by molar-refractivity contribution is 0.0973. The number of hydrogen-bond donors (Lipinski definition) is 3. The molecule has 9 nitrogen and oxygen atoms in total. The van der Waals surface area contributed by atoms with E-state index >= 15 is 0 Å². The van der Waals surface area contributed by atoms with Crippen LogP contribution in [0.25, 0.3) is 10.3 Å². The third kappa shape index (κ3) is 4.43. The number of H-pyrrole nitrogens is 1. The van der Waals surface area contributed by atoms with E-state index in [1.54, 1.807) is 17.8 Å². The molecule has 1 aliphatic carbocycles. The molecule has 4 rings (SSSR count). The van der Waals surface area contributed by atoms with Crippen LogP contribution in [0.1, 0.15) is 61.5 Å². The monoisotopic (exact) mass is 428 g/mol. The molecule has 158 valence electrons. The van der Waals surface area contributed by atoms with Gasteiger partial charge < -0.3 is 15.4 Å². The van der Waals surface area contributed by atoms with Crippen LogP contribution in [0.4, 0.5) is 10.6 Å². The van der Waals surface area contributed by atoms with Crippen LogP contribution in [0.5, 0.6) is 0 Å². The zero-order valence-electron chi connectivity index (χ0n) is 16.8. The first kappa shape index (κ1) is 20.3. The lowest BCUT2D eigenvalue weighted by atomic mass is 10.0. The van der Waals surface area contributed by atoms with Crippen LogP contribution < -0.4 is 10.6 Å². The minimum absolute atomic E-state index is 0.0973. The molecule has 0 saturated heterocycles. The third-order valence-electron chi connectivity index (χ3n) is 5.39. The number of rotatable bonds is 6. The Morgan fingerprint density at radius 2 is 2.23 bits per heavy atom. The summed E-state index contributed by atoms with van der Waals surface area (Å²) in [5.74, 6) is 0.418. The van der Waals surface area contributed by atoms with E-state index in [4.69, 9.17) is 4.74 Å². The predicted molar refractivity (Wildman–Crippen MR) is 114 cm³/mol. The summed E-state index contributed by atoms with van der Waals surface area (Å²) < 4.78 is 6.28. The zero-order valence-corrected chi connectivity index (χ0v) is 17.7. The van der Waals surface area contributed by atoms with Gasteiger partial charge in [0.1, 0.15) is 6.10 Å². The van der Waals surface area contributed by atoms with Crippen molar-refractivity contribution in [1.82, 2.24) is 25.5 Å². The first-order valence-corrected chi connectivity index (χ1v) is 10.9. The van der Waals surface area contributed by atoms with Gasteiger partial charge >= 0.3 is 6.09 Å². The van der Waals surface area contributed by atoms with Crippen LogP contribution in [0.3, 0.4) is 0 Å². The first-order valence-electron chi connectivity index (χ1n) is 10.1. The summed E-state index contributed by atoms with van der Waals surface area (Å²) >= 11 is 1.38. The summed E-state index contributed by atoms with van der Waals surface area (Å²) in [5, 5.41) is 12.9. The standard InChI is InChI=1S/C20H24N6O3S/c1-3-11(2)23-20(28)29-13-5-4-12(8-13)15-9-16(26-25-15)24-19(27)14-6-7-21-18-17(14)30-10-22-18/h6-7,9-13H,3-5,8H2,1-2H3,(H,23,28)(H2,24,25,26,27)/t11-,12-,13+/m0/s1. The largest absolute Gasteiger partial charge is 0.446 e. The molecule has 10 heteroatoms. The van der Waals surface area contributed by atoms with Gasteiger partial charge in [-0.05, 0) is 38.7 Å². The first-order chi connectivity index (χ1) is 14.5. The number of fused-ring (bicyclic) bond motifs is 1. The second-order valence-corrected chi connectivity index (χ2v) is 8.37.